The molecule has 0 unspecified atom stereocenters. The Morgan fingerprint density at radius 2 is 1.86 bits per heavy atom. The van der Waals surface area contributed by atoms with Gasteiger partial charge in [-0.1, -0.05) is 36.4 Å². The van der Waals surface area contributed by atoms with Crippen LogP contribution in [0.4, 0.5) is 0 Å². The Bertz CT molecular complexity index is 1160. The zero-order valence-electron chi connectivity index (χ0n) is 15.3. The van der Waals surface area contributed by atoms with Gasteiger partial charge in [0.1, 0.15) is 9.96 Å². The van der Waals surface area contributed by atoms with Gasteiger partial charge in [0.25, 0.3) is 0 Å². The van der Waals surface area contributed by atoms with Gasteiger partial charge in [0.15, 0.2) is 0 Å². The number of hydrogen-bond donors (Lipinski definition) is 2. The molecule has 2 N–H and O–H groups in total. The minimum atomic E-state index is -3.54. The standard InChI is InChI=1S/C21H20N2O3S2/c1-26-16-10-8-15(9-11-16)18(14-23-28(24,25)21-7-4-12-27-21)19-13-22-20-6-3-2-5-17(19)20/h2-13,18,22-23H,14H2,1H3/t18-/m0/s1. The van der Waals surface area contributed by atoms with Crippen molar-refractivity contribution < 1.29 is 13.2 Å². The zero-order valence-corrected chi connectivity index (χ0v) is 16.9. The molecule has 2 aromatic carbocycles. The highest BCUT2D eigenvalue weighted by molar-refractivity contribution is 7.91. The van der Waals surface area contributed by atoms with Crippen molar-refractivity contribution in [2.45, 2.75) is 10.1 Å². The smallest absolute Gasteiger partial charge is 0.250 e. The molecule has 0 bridgehead atoms. The monoisotopic (exact) mass is 412 g/mol. The Morgan fingerprint density at radius 1 is 1.07 bits per heavy atom. The summed E-state index contributed by atoms with van der Waals surface area (Å²) in [6.07, 6.45) is 1.96. The Kier molecular flexibility index (Phi) is 5.21. The van der Waals surface area contributed by atoms with Gasteiger partial charge in [-0.2, -0.15) is 0 Å². The molecule has 7 heteroatoms. The normalized spacial score (nSPS) is 12.9. The van der Waals surface area contributed by atoms with E-state index in [9.17, 15) is 8.42 Å². The number of ether oxygens (including phenoxy) is 1. The summed E-state index contributed by atoms with van der Waals surface area (Å²) in [6, 6.07) is 19.1. The minimum absolute atomic E-state index is 0.142. The van der Waals surface area contributed by atoms with Crippen LogP contribution < -0.4 is 9.46 Å². The number of aromatic nitrogens is 1. The van der Waals surface area contributed by atoms with Crippen molar-refractivity contribution in [3.63, 3.8) is 0 Å². The van der Waals surface area contributed by atoms with Crippen LogP contribution in [0.1, 0.15) is 17.0 Å². The van der Waals surface area contributed by atoms with Gasteiger partial charge in [-0.3, -0.25) is 0 Å². The third kappa shape index (κ3) is 3.69. The molecule has 0 amide bonds. The number of para-hydroxylation sites is 1. The maximum absolute atomic E-state index is 12.6. The van der Waals surface area contributed by atoms with Crippen LogP contribution in [0.5, 0.6) is 5.75 Å². The number of hydrogen-bond acceptors (Lipinski definition) is 4. The van der Waals surface area contributed by atoms with E-state index < -0.39 is 10.0 Å². The van der Waals surface area contributed by atoms with Gasteiger partial charge in [0, 0.05) is 29.6 Å². The lowest BCUT2D eigenvalue weighted by Gasteiger charge is -2.18. The topological polar surface area (TPSA) is 71.2 Å². The Morgan fingerprint density at radius 3 is 2.57 bits per heavy atom. The SMILES string of the molecule is COc1ccc([C@H](CNS(=O)(=O)c2cccs2)c2c[nH]c3ccccc23)cc1. The number of thiophene rings is 1. The number of aromatic amines is 1. The Balaban J connectivity index is 1.71. The molecule has 0 saturated carbocycles. The highest BCUT2D eigenvalue weighted by Gasteiger charge is 2.22. The van der Waals surface area contributed by atoms with Gasteiger partial charge < -0.3 is 9.72 Å². The molecule has 0 aliphatic rings. The first kappa shape index (κ1) is 18.7. The van der Waals surface area contributed by atoms with Crippen molar-refractivity contribution in [2.75, 3.05) is 13.7 Å². The van der Waals surface area contributed by atoms with Crippen LogP contribution in [0, 0.1) is 0 Å². The molecule has 0 aliphatic carbocycles. The molecular formula is C21H20N2O3S2. The van der Waals surface area contributed by atoms with E-state index in [1.807, 2.05) is 54.7 Å². The maximum atomic E-state index is 12.6. The highest BCUT2D eigenvalue weighted by atomic mass is 32.2. The average molecular weight is 413 g/mol. The molecule has 0 saturated heterocycles. The predicted molar refractivity (Wildman–Crippen MR) is 113 cm³/mol. The van der Waals surface area contributed by atoms with Crippen molar-refractivity contribution in [3.05, 3.63) is 83.4 Å². The number of fused-ring (bicyclic) bond motifs is 1. The first-order valence-electron chi connectivity index (χ1n) is 8.81. The van der Waals surface area contributed by atoms with E-state index in [2.05, 4.69) is 9.71 Å². The van der Waals surface area contributed by atoms with Gasteiger partial charge in [0.05, 0.1) is 7.11 Å². The van der Waals surface area contributed by atoms with E-state index in [0.717, 1.165) is 27.8 Å². The minimum Gasteiger partial charge on any atom is -0.497 e. The molecule has 4 rings (SSSR count). The van der Waals surface area contributed by atoms with E-state index in [0.29, 0.717) is 4.21 Å². The number of rotatable bonds is 7. The van der Waals surface area contributed by atoms with Crippen molar-refractivity contribution in [2.24, 2.45) is 0 Å². The molecule has 0 aliphatic heterocycles. The van der Waals surface area contributed by atoms with Gasteiger partial charge >= 0.3 is 0 Å². The summed E-state index contributed by atoms with van der Waals surface area (Å²) < 4.78 is 33.6. The molecule has 0 fully saturated rings. The second-order valence-electron chi connectivity index (χ2n) is 6.40. The second-order valence-corrected chi connectivity index (χ2v) is 9.34. The van der Waals surface area contributed by atoms with E-state index in [1.54, 1.807) is 24.6 Å². The average Bonchev–Trinajstić information content (AvgIpc) is 3.40. The van der Waals surface area contributed by atoms with Gasteiger partial charge in [-0.15, -0.1) is 11.3 Å². The molecule has 0 radical (unpaired) electrons. The van der Waals surface area contributed by atoms with Gasteiger partial charge in [-0.05, 0) is 40.8 Å². The summed E-state index contributed by atoms with van der Waals surface area (Å²) in [4.78, 5) is 3.29. The van der Waals surface area contributed by atoms with Crippen LogP contribution in [0.3, 0.4) is 0 Å². The Hall–Kier alpha value is -2.61. The van der Waals surface area contributed by atoms with Crippen molar-refractivity contribution >= 4 is 32.3 Å². The van der Waals surface area contributed by atoms with E-state index in [1.165, 1.54) is 11.3 Å². The molecule has 1 atom stereocenters. The molecule has 5 nitrogen and oxygen atoms in total. The van der Waals surface area contributed by atoms with Crippen molar-refractivity contribution in [1.82, 2.24) is 9.71 Å². The third-order valence-electron chi connectivity index (χ3n) is 4.75. The van der Waals surface area contributed by atoms with E-state index in [-0.39, 0.29) is 12.5 Å². The predicted octanol–water partition coefficient (Wildman–Crippen LogP) is 4.35. The number of methoxy groups -OCH3 is 1. The van der Waals surface area contributed by atoms with Crippen LogP contribution in [0.15, 0.2) is 76.4 Å². The van der Waals surface area contributed by atoms with Crippen molar-refractivity contribution in [1.29, 1.82) is 0 Å². The fourth-order valence-corrected chi connectivity index (χ4v) is 5.39. The first-order chi connectivity index (χ1) is 13.6. The summed E-state index contributed by atoms with van der Waals surface area (Å²) in [5.74, 6) is 0.623. The summed E-state index contributed by atoms with van der Waals surface area (Å²) in [5.41, 5.74) is 3.09. The third-order valence-corrected chi connectivity index (χ3v) is 7.57. The molecule has 0 spiro atoms. The summed E-state index contributed by atoms with van der Waals surface area (Å²) in [5, 5.41) is 2.84. The number of sulfonamides is 1. The lowest BCUT2D eigenvalue weighted by Crippen LogP contribution is -2.28. The first-order valence-corrected chi connectivity index (χ1v) is 11.2. The van der Waals surface area contributed by atoms with Crippen LogP contribution in [-0.4, -0.2) is 27.1 Å². The highest BCUT2D eigenvalue weighted by Crippen LogP contribution is 2.32. The van der Waals surface area contributed by atoms with E-state index >= 15 is 0 Å². The Labute approximate surface area is 168 Å². The van der Waals surface area contributed by atoms with Gasteiger partial charge in [0.2, 0.25) is 10.0 Å². The molecular weight excluding hydrogens is 392 g/mol. The summed E-state index contributed by atoms with van der Waals surface area (Å²) >= 11 is 1.21. The van der Waals surface area contributed by atoms with Crippen LogP contribution in [0.25, 0.3) is 10.9 Å². The lowest BCUT2D eigenvalue weighted by atomic mass is 9.91. The second kappa shape index (κ2) is 7.79. The van der Waals surface area contributed by atoms with Crippen molar-refractivity contribution in [3.8, 4) is 5.75 Å². The molecule has 4 aromatic rings. The molecule has 2 heterocycles. The molecule has 2 aromatic heterocycles. The fourth-order valence-electron chi connectivity index (χ4n) is 3.31. The van der Waals surface area contributed by atoms with Gasteiger partial charge in [-0.25, -0.2) is 13.1 Å². The quantitative estimate of drug-likeness (QED) is 0.474. The molecule has 144 valence electrons. The fraction of sp³-hybridized carbons (Fsp3) is 0.143. The lowest BCUT2D eigenvalue weighted by molar-refractivity contribution is 0.414. The number of H-pyrrole nitrogens is 1. The zero-order chi connectivity index (χ0) is 19.6. The summed E-state index contributed by atoms with van der Waals surface area (Å²) in [6.45, 7) is 0.258. The summed E-state index contributed by atoms with van der Waals surface area (Å²) in [7, 11) is -1.92. The van der Waals surface area contributed by atoms with E-state index in [4.69, 9.17) is 4.74 Å². The number of benzene rings is 2. The van der Waals surface area contributed by atoms with Crippen LogP contribution in [0.2, 0.25) is 0 Å². The van der Waals surface area contributed by atoms with Crippen LogP contribution in [-0.2, 0) is 10.0 Å². The number of nitrogens with one attached hydrogen (secondary N) is 2. The maximum Gasteiger partial charge on any atom is 0.250 e. The largest absolute Gasteiger partial charge is 0.497 e. The van der Waals surface area contributed by atoms with Crippen LogP contribution >= 0.6 is 11.3 Å². The molecule has 28 heavy (non-hydrogen) atoms.